The molecule has 10 atom stereocenters. The van der Waals surface area contributed by atoms with Crippen molar-refractivity contribution < 1.29 is 14.6 Å². The van der Waals surface area contributed by atoms with Crippen molar-refractivity contribution in [2.24, 2.45) is 17.8 Å². The van der Waals surface area contributed by atoms with Gasteiger partial charge in [-0.3, -0.25) is 9.69 Å². The topological polar surface area (TPSA) is 53.0 Å². The van der Waals surface area contributed by atoms with E-state index in [2.05, 4.69) is 48.0 Å². The van der Waals surface area contributed by atoms with Gasteiger partial charge in [-0.15, -0.1) is 0 Å². The van der Waals surface area contributed by atoms with Crippen LogP contribution in [0.4, 0.5) is 5.69 Å². The van der Waals surface area contributed by atoms with Crippen molar-refractivity contribution >= 4 is 11.7 Å². The Balaban J connectivity index is 1.60. The Labute approximate surface area is 160 Å². The number of fused-ring (bicyclic) bond motifs is 2. The minimum absolute atomic E-state index is 0.0855. The van der Waals surface area contributed by atoms with Crippen LogP contribution in [0.2, 0.25) is 0 Å². The van der Waals surface area contributed by atoms with Gasteiger partial charge in [0, 0.05) is 43.6 Å². The molecule has 1 saturated carbocycles. The fraction of sp³-hybridized carbons (Fsp3) is 0.682. The van der Waals surface area contributed by atoms with Gasteiger partial charge in [0.25, 0.3) is 0 Å². The van der Waals surface area contributed by atoms with Gasteiger partial charge in [0.15, 0.2) is 0 Å². The lowest BCUT2D eigenvalue weighted by atomic mass is 9.62. The highest BCUT2D eigenvalue weighted by molar-refractivity contribution is 5.70. The van der Waals surface area contributed by atoms with E-state index in [1.807, 2.05) is 0 Å². The van der Waals surface area contributed by atoms with Crippen molar-refractivity contribution in [3.8, 4) is 0 Å². The number of para-hydroxylation sites is 1. The molecule has 0 radical (unpaired) electrons. The number of aliphatic hydroxyl groups excluding tert-OH is 1. The molecule has 1 spiro atoms. The van der Waals surface area contributed by atoms with E-state index in [4.69, 9.17) is 4.74 Å². The molecule has 144 valence electrons. The van der Waals surface area contributed by atoms with Crippen LogP contribution in [0.1, 0.15) is 38.7 Å². The van der Waals surface area contributed by atoms with E-state index < -0.39 is 0 Å². The first-order chi connectivity index (χ1) is 13.0. The van der Waals surface area contributed by atoms with Gasteiger partial charge in [-0.25, -0.2) is 0 Å². The highest BCUT2D eigenvalue weighted by Gasteiger charge is 2.77. The maximum absolute atomic E-state index is 12.2. The molecule has 5 heteroatoms. The third kappa shape index (κ3) is 1.64. The molecule has 0 amide bonds. The molecule has 1 aromatic carbocycles. The second kappa shape index (κ2) is 5.06. The summed E-state index contributed by atoms with van der Waals surface area (Å²) in [6.45, 7) is 3.74. The lowest BCUT2D eigenvalue weighted by Gasteiger charge is -2.62. The van der Waals surface area contributed by atoms with Crippen molar-refractivity contribution in [1.29, 1.82) is 0 Å². The summed E-state index contributed by atoms with van der Waals surface area (Å²) < 4.78 is 6.17. The third-order valence-corrected chi connectivity index (χ3v) is 8.72. The largest absolute Gasteiger partial charge is 0.461 e. The Bertz CT molecular complexity index is 828. The number of nitrogens with zero attached hydrogens (tertiary/aromatic N) is 2. The molecular weight excluding hydrogens is 340 g/mol. The fourth-order valence-electron chi connectivity index (χ4n) is 8.21. The summed E-state index contributed by atoms with van der Waals surface area (Å²) in [5.41, 5.74) is 2.49. The average Bonchev–Trinajstić information content (AvgIpc) is 3.04. The number of esters is 1. The molecule has 1 N–H and O–H groups in total. The molecule has 1 aromatic rings. The van der Waals surface area contributed by atoms with Crippen molar-refractivity contribution in [1.82, 2.24) is 4.90 Å². The first-order valence-electron chi connectivity index (χ1n) is 10.5. The summed E-state index contributed by atoms with van der Waals surface area (Å²) in [4.78, 5) is 17.0. The van der Waals surface area contributed by atoms with Crippen molar-refractivity contribution in [3.05, 3.63) is 29.8 Å². The molecule has 5 fully saturated rings. The molecule has 5 heterocycles. The number of ether oxygens (including phenoxy) is 1. The molecular formula is C22H28N2O3. The van der Waals surface area contributed by atoms with Crippen molar-refractivity contribution in [2.75, 3.05) is 11.9 Å². The van der Waals surface area contributed by atoms with E-state index in [0.29, 0.717) is 23.9 Å². The summed E-state index contributed by atoms with van der Waals surface area (Å²) in [6, 6.07) is 9.60. The predicted octanol–water partition coefficient (Wildman–Crippen LogP) is 2.13. The van der Waals surface area contributed by atoms with Gasteiger partial charge >= 0.3 is 5.97 Å². The molecule has 0 aromatic heterocycles. The molecule has 7 rings (SSSR count). The van der Waals surface area contributed by atoms with Crippen LogP contribution in [0, 0.1) is 17.8 Å². The van der Waals surface area contributed by atoms with Crippen LogP contribution in [0.25, 0.3) is 0 Å². The Kier molecular flexibility index (Phi) is 3.07. The van der Waals surface area contributed by atoms with Crippen LogP contribution < -0.4 is 4.90 Å². The first-order valence-corrected chi connectivity index (χ1v) is 10.5. The number of aliphatic hydroxyl groups is 1. The SMILES string of the molecule is CC[C@H]1[C@@H]2C[C@H]3[C@@H]4N(C)c5ccccc5[C@]45C[C@@H](C2[C@H]5OC(C)=O)N3[C@@H]1O. The van der Waals surface area contributed by atoms with Crippen molar-refractivity contribution in [2.45, 2.75) is 69.0 Å². The maximum Gasteiger partial charge on any atom is 0.302 e. The number of rotatable bonds is 2. The Morgan fingerprint density at radius 1 is 1.33 bits per heavy atom. The standard InChI is InChI=1S/C22H28N2O3/c1-4-12-13-9-16-19-22(14-7-5-6-8-15(14)23(19)3)10-17(24(16)21(12)26)18(13)20(22)27-11(2)25/h5-8,12-13,16-21,26H,4,9-10H2,1-3H3/t12-,13-,16-,17-,18?,19-,20+,21+,22+/m0/s1. The van der Waals surface area contributed by atoms with Crippen LogP contribution >= 0.6 is 0 Å². The predicted molar refractivity (Wildman–Crippen MR) is 101 cm³/mol. The van der Waals surface area contributed by atoms with Crippen LogP contribution in [-0.2, 0) is 14.9 Å². The highest BCUT2D eigenvalue weighted by atomic mass is 16.5. The number of carbonyl (C=O) groups is 1. The number of likely N-dealkylation sites (N-methyl/N-ethyl adjacent to an activating group) is 1. The number of piperidine rings is 4. The zero-order valence-corrected chi connectivity index (χ0v) is 16.2. The van der Waals surface area contributed by atoms with Gasteiger partial charge in [-0.2, -0.15) is 0 Å². The molecule has 5 nitrogen and oxygen atoms in total. The number of benzene rings is 1. The normalized spacial score (nSPS) is 50.7. The van der Waals surface area contributed by atoms with Crippen LogP contribution in [-0.4, -0.2) is 53.5 Å². The van der Waals surface area contributed by atoms with Gasteiger partial charge in [0.05, 0.1) is 11.5 Å². The molecule has 27 heavy (non-hydrogen) atoms. The van der Waals surface area contributed by atoms with E-state index >= 15 is 0 Å². The minimum Gasteiger partial charge on any atom is -0.461 e. The minimum atomic E-state index is -0.355. The molecule has 5 bridgehead atoms. The summed E-state index contributed by atoms with van der Waals surface area (Å²) in [5, 5.41) is 11.2. The average molecular weight is 368 g/mol. The van der Waals surface area contributed by atoms with Gasteiger partial charge in [-0.1, -0.05) is 25.1 Å². The number of hydrogen-bond donors (Lipinski definition) is 1. The van der Waals surface area contributed by atoms with E-state index in [1.165, 1.54) is 11.3 Å². The summed E-state index contributed by atoms with van der Waals surface area (Å²) >= 11 is 0. The number of carbonyl (C=O) groups excluding carboxylic acids is 1. The highest BCUT2D eigenvalue weighted by Crippen LogP contribution is 2.69. The second-order valence-corrected chi connectivity index (χ2v) is 9.39. The first kappa shape index (κ1) is 16.4. The lowest BCUT2D eigenvalue weighted by molar-refractivity contribution is -0.212. The van der Waals surface area contributed by atoms with Gasteiger partial charge in [-0.05, 0) is 36.8 Å². The molecule has 2 unspecified atom stereocenters. The lowest BCUT2D eigenvalue weighted by Crippen LogP contribution is -2.72. The summed E-state index contributed by atoms with van der Waals surface area (Å²) in [5.74, 6) is 0.897. The van der Waals surface area contributed by atoms with Gasteiger partial charge in [0.1, 0.15) is 12.3 Å². The Morgan fingerprint density at radius 2 is 2.11 bits per heavy atom. The Hall–Kier alpha value is -1.59. The molecule has 6 aliphatic rings. The second-order valence-electron chi connectivity index (χ2n) is 9.39. The van der Waals surface area contributed by atoms with Gasteiger partial charge < -0.3 is 14.7 Å². The van der Waals surface area contributed by atoms with Crippen molar-refractivity contribution in [3.63, 3.8) is 0 Å². The molecule has 5 aliphatic heterocycles. The number of hydrogen-bond acceptors (Lipinski definition) is 5. The van der Waals surface area contributed by atoms with E-state index in [1.54, 1.807) is 6.92 Å². The zero-order valence-electron chi connectivity index (χ0n) is 16.2. The fourth-order valence-corrected chi connectivity index (χ4v) is 8.21. The Morgan fingerprint density at radius 3 is 2.85 bits per heavy atom. The van der Waals surface area contributed by atoms with Crippen LogP contribution in [0.5, 0.6) is 0 Å². The smallest absolute Gasteiger partial charge is 0.302 e. The maximum atomic E-state index is 12.2. The van der Waals surface area contributed by atoms with E-state index in [9.17, 15) is 9.90 Å². The summed E-state index contributed by atoms with van der Waals surface area (Å²) in [7, 11) is 2.19. The van der Waals surface area contributed by atoms with Crippen LogP contribution in [0.3, 0.4) is 0 Å². The monoisotopic (exact) mass is 368 g/mol. The third-order valence-electron chi connectivity index (χ3n) is 8.72. The molecule has 1 aliphatic carbocycles. The van der Waals surface area contributed by atoms with Crippen LogP contribution in [0.15, 0.2) is 24.3 Å². The molecule has 4 saturated heterocycles. The zero-order chi connectivity index (χ0) is 18.7. The number of anilines is 1. The van der Waals surface area contributed by atoms with E-state index in [0.717, 1.165) is 19.3 Å². The van der Waals surface area contributed by atoms with Gasteiger partial charge in [0.2, 0.25) is 0 Å². The van der Waals surface area contributed by atoms with E-state index in [-0.39, 0.29) is 35.7 Å². The summed E-state index contributed by atoms with van der Waals surface area (Å²) in [6.07, 6.45) is 2.64. The quantitative estimate of drug-likeness (QED) is 0.811.